The van der Waals surface area contributed by atoms with Crippen molar-refractivity contribution in [3.05, 3.63) is 16.6 Å². The fourth-order valence-electron chi connectivity index (χ4n) is 1.49. The summed E-state index contributed by atoms with van der Waals surface area (Å²) >= 11 is 1.61. The molecule has 2 unspecified atom stereocenters. The standard InChI is InChI=1S/C8H12N2OS/c1-6-8(9,2-4-11-6)7-10-3-5-12-7/h3,5-6H,2,4,9H2,1H3. The van der Waals surface area contributed by atoms with E-state index in [1.807, 2.05) is 12.3 Å². The van der Waals surface area contributed by atoms with Crippen molar-refractivity contribution in [3.8, 4) is 0 Å². The summed E-state index contributed by atoms with van der Waals surface area (Å²) in [7, 11) is 0. The summed E-state index contributed by atoms with van der Waals surface area (Å²) in [5.74, 6) is 0. The van der Waals surface area contributed by atoms with Crippen LogP contribution >= 0.6 is 11.3 Å². The van der Waals surface area contributed by atoms with Gasteiger partial charge in [0, 0.05) is 18.2 Å². The van der Waals surface area contributed by atoms with Gasteiger partial charge in [-0.3, -0.25) is 0 Å². The molecule has 1 saturated heterocycles. The molecule has 0 saturated carbocycles. The molecule has 0 bridgehead atoms. The van der Waals surface area contributed by atoms with Gasteiger partial charge in [0.05, 0.1) is 11.6 Å². The van der Waals surface area contributed by atoms with E-state index >= 15 is 0 Å². The molecule has 0 amide bonds. The molecule has 66 valence electrons. The molecule has 2 rings (SSSR count). The van der Waals surface area contributed by atoms with Crippen LogP contribution in [0.4, 0.5) is 0 Å². The molecule has 0 aromatic carbocycles. The van der Waals surface area contributed by atoms with Crippen molar-refractivity contribution in [1.29, 1.82) is 0 Å². The Bertz CT molecular complexity index is 262. The lowest BCUT2D eigenvalue weighted by Gasteiger charge is -2.24. The van der Waals surface area contributed by atoms with Crippen molar-refractivity contribution in [3.63, 3.8) is 0 Å². The number of nitrogens with two attached hydrogens (primary N) is 1. The minimum absolute atomic E-state index is 0.0867. The molecule has 1 fully saturated rings. The summed E-state index contributed by atoms with van der Waals surface area (Å²) in [6.07, 6.45) is 2.75. The van der Waals surface area contributed by atoms with Crippen molar-refractivity contribution in [2.45, 2.75) is 25.0 Å². The smallest absolute Gasteiger partial charge is 0.115 e. The topological polar surface area (TPSA) is 48.1 Å². The highest BCUT2D eigenvalue weighted by molar-refractivity contribution is 7.09. The molecule has 4 heteroatoms. The van der Waals surface area contributed by atoms with Crippen LogP contribution in [0.1, 0.15) is 18.4 Å². The van der Waals surface area contributed by atoms with E-state index in [9.17, 15) is 0 Å². The maximum Gasteiger partial charge on any atom is 0.115 e. The fraction of sp³-hybridized carbons (Fsp3) is 0.625. The Hall–Kier alpha value is -0.450. The molecule has 0 radical (unpaired) electrons. The summed E-state index contributed by atoms with van der Waals surface area (Å²) < 4.78 is 5.43. The molecule has 0 spiro atoms. The first-order valence-electron chi connectivity index (χ1n) is 4.04. The van der Waals surface area contributed by atoms with Crippen LogP contribution in [0.25, 0.3) is 0 Å². The third kappa shape index (κ3) is 1.07. The van der Waals surface area contributed by atoms with E-state index in [0.717, 1.165) is 18.0 Å². The summed E-state index contributed by atoms with van der Waals surface area (Å²) in [4.78, 5) is 4.23. The molecule has 2 heterocycles. The third-order valence-corrected chi connectivity index (χ3v) is 3.41. The second kappa shape index (κ2) is 2.80. The summed E-state index contributed by atoms with van der Waals surface area (Å²) in [6, 6.07) is 0. The van der Waals surface area contributed by atoms with Gasteiger partial charge in [0.2, 0.25) is 0 Å². The van der Waals surface area contributed by atoms with Crippen molar-refractivity contribution in [1.82, 2.24) is 4.98 Å². The van der Waals surface area contributed by atoms with Gasteiger partial charge in [-0.25, -0.2) is 4.98 Å². The molecule has 1 aliphatic heterocycles. The molecule has 0 aliphatic carbocycles. The number of hydrogen-bond donors (Lipinski definition) is 1. The number of hydrogen-bond acceptors (Lipinski definition) is 4. The second-order valence-corrected chi connectivity index (χ2v) is 4.04. The van der Waals surface area contributed by atoms with Crippen LogP contribution in [0.15, 0.2) is 11.6 Å². The zero-order valence-corrected chi connectivity index (χ0v) is 7.80. The Kier molecular flexibility index (Phi) is 1.90. The first kappa shape index (κ1) is 8.16. The lowest BCUT2D eigenvalue weighted by molar-refractivity contribution is 0.0951. The normalized spacial score (nSPS) is 35.7. The van der Waals surface area contributed by atoms with Gasteiger partial charge in [-0.1, -0.05) is 0 Å². The van der Waals surface area contributed by atoms with E-state index < -0.39 is 0 Å². The Morgan fingerprint density at radius 2 is 2.67 bits per heavy atom. The largest absolute Gasteiger partial charge is 0.376 e. The first-order chi connectivity index (χ1) is 5.73. The maximum absolute atomic E-state index is 6.19. The zero-order valence-electron chi connectivity index (χ0n) is 6.99. The number of nitrogens with zero attached hydrogens (tertiary/aromatic N) is 1. The van der Waals surface area contributed by atoms with Gasteiger partial charge in [0.1, 0.15) is 5.01 Å². The number of ether oxygens (including phenoxy) is 1. The summed E-state index contributed by atoms with van der Waals surface area (Å²) in [5, 5.41) is 2.95. The molecule has 2 atom stereocenters. The quantitative estimate of drug-likeness (QED) is 0.711. The highest BCUT2D eigenvalue weighted by Gasteiger charge is 2.41. The van der Waals surface area contributed by atoms with Gasteiger partial charge in [-0.05, 0) is 13.3 Å². The van der Waals surface area contributed by atoms with Gasteiger partial charge in [-0.15, -0.1) is 11.3 Å². The van der Waals surface area contributed by atoms with Crippen LogP contribution in [0.2, 0.25) is 0 Å². The van der Waals surface area contributed by atoms with E-state index in [1.54, 1.807) is 17.5 Å². The van der Waals surface area contributed by atoms with Crippen molar-refractivity contribution in [2.24, 2.45) is 5.73 Å². The molecule has 1 aliphatic rings. The summed E-state index contributed by atoms with van der Waals surface area (Å²) in [6.45, 7) is 2.76. The van der Waals surface area contributed by atoms with Gasteiger partial charge in [-0.2, -0.15) is 0 Å². The van der Waals surface area contributed by atoms with Crippen LogP contribution < -0.4 is 5.73 Å². The van der Waals surface area contributed by atoms with Gasteiger partial charge < -0.3 is 10.5 Å². The Balaban J connectivity index is 2.32. The van der Waals surface area contributed by atoms with Crippen LogP contribution in [-0.2, 0) is 10.3 Å². The minimum atomic E-state index is -0.339. The maximum atomic E-state index is 6.19. The molecule has 2 N–H and O–H groups in total. The molecular formula is C8H12N2OS. The lowest BCUT2D eigenvalue weighted by Crippen LogP contribution is -2.42. The fourth-order valence-corrected chi connectivity index (χ4v) is 2.35. The van der Waals surface area contributed by atoms with Crippen LogP contribution in [-0.4, -0.2) is 17.7 Å². The van der Waals surface area contributed by atoms with E-state index in [0.29, 0.717) is 0 Å². The van der Waals surface area contributed by atoms with E-state index in [-0.39, 0.29) is 11.6 Å². The average molecular weight is 184 g/mol. The van der Waals surface area contributed by atoms with Crippen molar-refractivity contribution < 1.29 is 4.74 Å². The molecular weight excluding hydrogens is 172 g/mol. The van der Waals surface area contributed by atoms with Crippen molar-refractivity contribution >= 4 is 11.3 Å². The van der Waals surface area contributed by atoms with Gasteiger partial charge in [0.25, 0.3) is 0 Å². The van der Waals surface area contributed by atoms with Gasteiger partial charge >= 0.3 is 0 Å². The van der Waals surface area contributed by atoms with Crippen LogP contribution in [0, 0.1) is 0 Å². The average Bonchev–Trinajstić information content (AvgIpc) is 2.62. The highest BCUT2D eigenvalue weighted by Crippen LogP contribution is 2.34. The van der Waals surface area contributed by atoms with Crippen LogP contribution in [0.3, 0.4) is 0 Å². The number of aromatic nitrogens is 1. The second-order valence-electron chi connectivity index (χ2n) is 3.14. The highest BCUT2D eigenvalue weighted by atomic mass is 32.1. The Morgan fingerprint density at radius 3 is 3.17 bits per heavy atom. The number of thiazole rings is 1. The predicted octanol–water partition coefficient (Wildman–Crippen LogP) is 1.11. The van der Waals surface area contributed by atoms with Gasteiger partial charge in [0.15, 0.2) is 0 Å². The predicted molar refractivity (Wildman–Crippen MR) is 48.0 cm³/mol. The minimum Gasteiger partial charge on any atom is -0.376 e. The van der Waals surface area contributed by atoms with E-state index in [4.69, 9.17) is 10.5 Å². The van der Waals surface area contributed by atoms with E-state index in [2.05, 4.69) is 4.98 Å². The zero-order chi connectivity index (χ0) is 8.60. The summed E-state index contributed by atoms with van der Waals surface area (Å²) in [5.41, 5.74) is 5.85. The SMILES string of the molecule is CC1OCCC1(N)c1nccs1. The van der Waals surface area contributed by atoms with Crippen LogP contribution in [0.5, 0.6) is 0 Å². The first-order valence-corrected chi connectivity index (χ1v) is 4.92. The Labute approximate surface area is 75.6 Å². The molecule has 12 heavy (non-hydrogen) atoms. The molecule has 3 nitrogen and oxygen atoms in total. The molecule has 1 aromatic heterocycles. The van der Waals surface area contributed by atoms with Crippen molar-refractivity contribution in [2.75, 3.05) is 6.61 Å². The lowest BCUT2D eigenvalue weighted by atomic mass is 9.94. The monoisotopic (exact) mass is 184 g/mol. The Morgan fingerprint density at radius 1 is 1.83 bits per heavy atom. The third-order valence-electron chi connectivity index (χ3n) is 2.44. The molecule has 1 aromatic rings. The number of rotatable bonds is 1. The van der Waals surface area contributed by atoms with E-state index in [1.165, 1.54) is 0 Å².